The van der Waals surface area contributed by atoms with Gasteiger partial charge in [0.15, 0.2) is 0 Å². The number of benzene rings is 14. The SMILES string of the molecule is c1ccc(-c2c(-c3ccccc3)c(-c3ccccc3)c3c4cc5c(-c6ccccc6)c6c7ccc(-c8ccccc8)c8c9ccccc9cc(c6c(-c6ccccc6)c5c5cccc(c3c2-c2ccccc2)c54)c78)cc1. The molecule has 0 radical (unpaired) electrons. The summed E-state index contributed by atoms with van der Waals surface area (Å²) in [5, 5.41) is 20.5. The fourth-order valence-electron chi connectivity index (χ4n) is 13.6. The predicted octanol–water partition coefficient (Wildman–Crippen LogP) is 21.5. The zero-order valence-corrected chi connectivity index (χ0v) is 41.6. The van der Waals surface area contributed by atoms with Crippen molar-refractivity contribution in [3.8, 4) is 77.9 Å². The van der Waals surface area contributed by atoms with Crippen LogP contribution in [0.4, 0.5) is 0 Å². The van der Waals surface area contributed by atoms with E-state index in [4.69, 9.17) is 0 Å². The van der Waals surface area contributed by atoms with Gasteiger partial charge >= 0.3 is 0 Å². The molecule has 16 aromatic rings. The number of hydrogen-bond acceptors (Lipinski definition) is 0. The highest BCUT2D eigenvalue weighted by Gasteiger charge is 2.32. The molecular weight excluding hydrogens is 913 g/mol. The van der Waals surface area contributed by atoms with Crippen LogP contribution in [0.1, 0.15) is 0 Å². The van der Waals surface area contributed by atoms with Crippen molar-refractivity contribution >= 4 is 86.2 Å². The van der Waals surface area contributed by atoms with E-state index in [0.717, 1.165) is 0 Å². The summed E-state index contributed by atoms with van der Waals surface area (Å²) >= 11 is 0. The second kappa shape index (κ2) is 16.8. The highest BCUT2D eigenvalue weighted by molar-refractivity contribution is 6.48. The molecule has 16 aromatic carbocycles. The Balaban J connectivity index is 1.22. The number of fused-ring (bicyclic) bond motifs is 10. The predicted molar refractivity (Wildman–Crippen MR) is 327 cm³/mol. The molecule has 0 aliphatic heterocycles. The molecule has 0 aliphatic rings. The van der Waals surface area contributed by atoms with Gasteiger partial charge in [-0.1, -0.05) is 267 Å². The van der Waals surface area contributed by atoms with Crippen LogP contribution in [-0.2, 0) is 0 Å². The Morgan fingerprint density at radius 1 is 0.145 bits per heavy atom. The average molecular weight is 959 g/mol. The van der Waals surface area contributed by atoms with Crippen molar-refractivity contribution in [1.82, 2.24) is 0 Å². The Morgan fingerprint density at radius 3 is 1.03 bits per heavy atom. The first-order chi connectivity index (χ1) is 37.8. The first kappa shape index (κ1) is 42.6. The van der Waals surface area contributed by atoms with Gasteiger partial charge in [0.05, 0.1) is 0 Å². The Kier molecular flexibility index (Phi) is 9.44. The quantitative estimate of drug-likeness (QED) is 0.140. The van der Waals surface area contributed by atoms with E-state index < -0.39 is 0 Å². The number of rotatable bonds is 7. The lowest BCUT2D eigenvalue weighted by atomic mass is 9.79. The molecule has 0 aromatic heterocycles. The van der Waals surface area contributed by atoms with Gasteiger partial charge in [0.1, 0.15) is 0 Å². The van der Waals surface area contributed by atoms with E-state index in [1.165, 1.54) is 164 Å². The van der Waals surface area contributed by atoms with Crippen molar-refractivity contribution in [3.63, 3.8) is 0 Å². The Bertz CT molecular complexity index is 4890. The molecule has 0 heteroatoms. The molecule has 0 aliphatic carbocycles. The third-order valence-corrected chi connectivity index (χ3v) is 16.5. The van der Waals surface area contributed by atoms with Gasteiger partial charge < -0.3 is 0 Å². The third-order valence-electron chi connectivity index (χ3n) is 16.5. The largest absolute Gasteiger partial charge is 0.0622 e. The third kappa shape index (κ3) is 6.13. The van der Waals surface area contributed by atoms with Crippen LogP contribution in [0, 0.1) is 0 Å². The van der Waals surface area contributed by atoms with Gasteiger partial charge in [-0.25, -0.2) is 0 Å². The molecule has 76 heavy (non-hydrogen) atoms. The van der Waals surface area contributed by atoms with Crippen LogP contribution in [0.5, 0.6) is 0 Å². The summed E-state index contributed by atoms with van der Waals surface area (Å²) in [7, 11) is 0. The molecule has 0 fully saturated rings. The van der Waals surface area contributed by atoms with E-state index in [1.54, 1.807) is 0 Å². The summed E-state index contributed by atoms with van der Waals surface area (Å²) < 4.78 is 0. The molecule has 0 nitrogen and oxygen atoms in total. The summed E-state index contributed by atoms with van der Waals surface area (Å²) in [6, 6.07) is 104. The highest BCUT2D eigenvalue weighted by atomic mass is 14.3. The Labute approximate surface area is 440 Å². The van der Waals surface area contributed by atoms with Crippen molar-refractivity contribution in [2.24, 2.45) is 0 Å². The summed E-state index contributed by atoms with van der Waals surface area (Å²) in [6.07, 6.45) is 0. The van der Waals surface area contributed by atoms with E-state index in [9.17, 15) is 0 Å². The normalized spacial score (nSPS) is 11.9. The second-order valence-corrected chi connectivity index (χ2v) is 20.4. The van der Waals surface area contributed by atoms with Crippen molar-refractivity contribution < 1.29 is 0 Å². The van der Waals surface area contributed by atoms with Gasteiger partial charge in [0, 0.05) is 0 Å². The highest BCUT2D eigenvalue weighted by Crippen LogP contribution is 2.60. The topological polar surface area (TPSA) is 0 Å². The number of hydrogen-bond donors (Lipinski definition) is 0. The second-order valence-electron chi connectivity index (χ2n) is 20.4. The maximum absolute atomic E-state index is 2.62. The molecule has 0 bridgehead atoms. The molecule has 16 rings (SSSR count). The molecule has 0 saturated heterocycles. The Morgan fingerprint density at radius 2 is 0.500 bits per heavy atom. The lowest BCUT2D eigenvalue weighted by Crippen LogP contribution is -1.96. The van der Waals surface area contributed by atoms with Gasteiger partial charge in [0.2, 0.25) is 0 Å². The van der Waals surface area contributed by atoms with E-state index in [2.05, 4.69) is 279 Å². The van der Waals surface area contributed by atoms with Crippen molar-refractivity contribution in [2.45, 2.75) is 0 Å². The van der Waals surface area contributed by atoms with E-state index in [1.807, 2.05) is 0 Å². The van der Waals surface area contributed by atoms with Gasteiger partial charge in [-0.2, -0.15) is 0 Å². The average Bonchev–Trinajstić information content (AvgIpc) is 4.19. The minimum atomic E-state index is 1.19. The molecule has 0 heterocycles. The molecule has 350 valence electrons. The van der Waals surface area contributed by atoms with Gasteiger partial charge in [-0.15, -0.1) is 0 Å². The summed E-state index contributed by atoms with van der Waals surface area (Å²) in [5.41, 5.74) is 17.2. The maximum Gasteiger partial charge on any atom is -0.000696 e. The summed E-state index contributed by atoms with van der Waals surface area (Å²) in [4.78, 5) is 0. The minimum Gasteiger partial charge on any atom is -0.0622 e. The summed E-state index contributed by atoms with van der Waals surface area (Å²) in [6.45, 7) is 0. The van der Waals surface area contributed by atoms with E-state index in [0.29, 0.717) is 0 Å². The van der Waals surface area contributed by atoms with Gasteiger partial charge in [-0.05, 0) is 176 Å². The first-order valence-electron chi connectivity index (χ1n) is 26.5. The van der Waals surface area contributed by atoms with Crippen LogP contribution >= 0.6 is 0 Å². The zero-order valence-electron chi connectivity index (χ0n) is 41.6. The van der Waals surface area contributed by atoms with Crippen LogP contribution in [0.2, 0.25) is 0 Å². The first-order valence-corrected chi connectivity index (χ1v) is 26.5. The molecule has 0 unspecified atom stereocenters. The lowest BCUT2D eigenvalue weighted by molar-refractivity contribution is 1.58. The van der Waals surface area contributed by atoms with E-state index >= 15 is 0 Å². The molecular formula is C76H46. The Hall–Kier alpha value is -9.88. The van der Waals surface area contributed by atoms with Gasteiger partial charge in [-0.3, -0.25) is 0 Å². The van der Waals surface area contributed by atoms with Crippen LogP contribution in [-0.4, -0.2) is 0 Å². The van der Waals surface area contributed by atoms with Crippen LogP contribution in [0.3, 0.4) is 0 Å². The standard InChI is InChI=1S/C76H46/c1-8-25-47(26-9-1)56-43-44-59-72-60(45-54-39-22-23-40-55(54)70(56)72)75-68(53-37-20-7-21-38-53)71-57-41-24-42-58-69(57)62(46-61(71)63(73(59)75)48-27-10-2-11-28-48)76-67(52-35-18-6-19-36-52)65(50-31-14-4-15-32-50)64(49-29-12-3-13-30-49)66(74(58)76)51-33-16-5-17-34-51/h1-46H. The van der Waals surface area contributed by atoms with Crippen molar-refractivity contribution in [1.29, 1.82) is 0 Å². The van der Waals surface area contributed by atoms with Crippen molar-refractivity contribution in [2.75, 3.05) is 0 Å². The molecule has 0 atom stereocenters. The van der Waals surface area contributed by atoms with Crippen LogP contribution in [0.15, 0.2) is 279 Å². The molecule has 0 saturated carbocycles. The van der Waals surface area contributed by atoms with Crippen LogP contribution < -0.4 is 0 Å². The lowest BCUT2D eigenvalue weighted by Gasteiger charge is -2.23. The molecule has 0 amide bonds. The zero-order chi connectivity index (χ0) is 49.8. The van der Waals surface area contributed by atoms with Gasteiger partial charge in [0.25, 0.3) is 0 Å². The fourth-order valence-corrected chi connectivity index (χ4v) is 13.6. The smallest absolute Gasteiger partial charge is 0.000696 e. The van der Waals surface area contributed by atoms with Crippen LogP contribution in [0.25, 0.3) is 164 Å². The molecule has 0 spiro atoms. The monoisotopic (exact) mass is 958 g/mol. The van der Waals surface area contributed by atoms with E-state index in [-0.39, 0.29) is 0 Å². The maximum atomic E-state index is 2.62. The molecule has 0 N–H and O–H groups in total. The van der Waals surface area contributed by atoms with Crippen molar-refractivity contribution in [3.05, 3.63) is 279 Å². The summed E-state index contributed by atoms with van der Waals surface area (Å²) in [5.74, 6) is 0. The fraction of sp³-hybridized carbons (Fsp3) is 0. The minimum absolute atomic E-state index is 1.19.